The van der Waals surface area contributed by atoms with Gasteiger partial charge in [-0.1, -0.05) is 4.49 Å². The molecule has 0 aliphatic carbocycles. The number of carbonyl (C=O) groups is 1. The molecular weight excluding hydrogens is 290 g/mol. The van der Waals surface area contributed by atoms with Gasteiger partial charge >= 0.3 is 0 Å². The Labute approximate surface area is 126 Å². The van der Waals surface area contributed by atoms with E-state index in [1.807, 2.05) is 24.0 Å². The Morgan fingerprint density at radius 2 is 2.48 bits per heavy atom. The van der Waals surface area contributed by atoms with E-state index in [-0.39, 0.29) is 18.1 Å². The maximum Gasteiger partial charge on any atom is 0.264 e. The number of carbonyl (C=O) groups excluding carboxylic acids is 1. The summed E-state index contributed by atoms with van der Waals surface area (Å²) in [6.07, 6.45) is 6.94. The van der Waals surface area contributed by atoms with Crippen LogP contribution in [0.2, 0.25) is 0 Å². The lowest BCUT2D eigenvalue weighted by Crippen LogP contribution is -2.42. The third kappa shape index (κ3) is 3.11. The fraction of sp³-hybridized carbons (Fsp3) is 0.538. The number of hydrogen-bond acceptors (Lipinski definition) is 6. The molecule has 8 heteroatoms. The number of nitrogens with one attached hydrogen (secondary N) is 1. The van der Waals surface area contributed by atoms with Gasteiger partial charge in [0.05, 0.1) is 18.4 Å². The van der Waals surface area contributed by atoms with E-state index in [1.54, 1.807) is 0 Å². The fourth-order valence-corrected chi connectivity index (χ4v) is 2.88. The molecule has 0 unspecified atom stereocenters. The molecule has 0 saturated carbocycles. The molecule has 21 heavy (non-hydrogen) atoms. The Bertz CT molecular complexity index is 597. The molecule has 2 atom stereocenters. The maximum absolute atomic E-state index is 12.2. The van der Waals surface area contributed by atoms with Crippen molar-refractivity contribution in [1.82, 2.24) is 24.7 Å². The highest BCUT2D eigenvalue weighted by atomic mass is 32.1. The minimum atomic E-state index is -0.149. The van der Waals surface area contributed by atoms with Crippen molar-refractivity contribution in [1.29, 1.82) is 0 Å². The van der Waals surface area contributed by atoms with Gasteiger partial charge in [0.2, 0.25) is 0 Å². The van der Waals surface area contributed by atoms with Crippen LogP contribution in [0.15, 0.2) is 18.6 Å². The number of ether oxygens (including phenoxy) is 1. The first-order chi connectivity index (χ1) is 10.3. The number of aryl methyl sites for hydroxylation is 1. The molecule has 2 aromatic rings. The summed E-state index contributed by atoms with van der Waals surface area (Å²) in [6, 6.07) is -0.0529. The van der Waals surface area contributed by atoms with Gasteiger partial charge in [-0.3, -0.25) is 9.48 Å². The van der Waals surface area contributed by atoms with Crippen molar-refractivity contribution >= 4 is 17.4 Å². The van der Waals surface area contributed by atoms with Crippen LogP contribution in [0.3, 0.4) is 0 Å². The van der Waals surface area contributed by atoms with Gasteiger partial charge < -0.3 is 10.1 Å². The summed E-state index contributed by atoms with van der Waals surface area (Å²) < 4.78 is 11.4. The number of aromatic nitrogens is 4. The molecular formula is C13H17N5O2S. The molecule has 112 valence electrons. The van der Waals surface area contributed by atoms with E-state index in [2.05, 4.69) is 20.0 Å². The van der Waals surface area contributed by atoms with Gasteiger partial charge in [0.1, 0.15) is 11.0 Å². The van der Waals surface area contributed by atoms with Gasteiger partial charge in [-0.15, -0.1) is 5.10 Å². The monoisotopic (exact) mass is 307 g/mol. The molecule has 1 aliphatic rings. The predicted octanol–water partition coefficient (Wildman–Crippen LogP) is 1.40. The second-order valence-electron chi connectivity index (χ2n) is 4.92. The van der Waals surface area contributed by atoms with E-state index in [0.717, 1.165) is 36.5 Å². The summed E-state index contributed by atoms with van der Waals surface area (Å²) in [5.41, 5.74) is 1.00. The van der Waals surface area contributed by atoms with Crippen molar-refractivity contribution in [3.8, 4) is 0 Å². The lowest BCUT2D eigenvalue weighted by atomic mass is 9.98. The molecule has 0 bridgehead atoms. The zero-order valence-electron chi connectivity index (χ0n) is 11.7. The number of amides is 1. The third-order valence-electron chi connectivity index (χ3n) is 3.53. The fourth-order valence-electron chi connectivity index (χ4n) is 2.46. The van der Waals surface area contributed by atoms with Gasteiger partial charge in [-0.25, -0.2) is 0 Å². The SMILES string of the molecule is CCn1cc([C@H]2OCCC[C@@H]2NC(=O)c2cnns2)cn1. The first-order valence-electron chi connectivity index (χ1n) is 7.00. The largest absolute Gasteiger partial charge is 0.371 e. The van der Waals surface area contributed by atoms with Crippen LogP contribution in [-0.2, 0) is 11.3 Å². The van der Waals surface area contributed by atoms with Crippen molar-refractivity contribution in [3.05, 3.63) is 29.0 Å². The average Bonchev–Trinajstić information content (AvgIpc) is 3.19. The highest BCUT2D eigenvalue weighted by Crippen LogP contribution is 2.28. The minimum absolute atomic E-state index is 0.0529. The first kappa shape index (κ1) is 14.2. The lowest BCUT2D eigenvalue weighted by molar-refractivity contribution is -0.00946. The van der Waals surface area contributed by atoms with E-state index in [9.17, 15) is 4.79 Å². The molecule has 1 fully saturated rings. The van der Waals surface area contributed by atoms with Crippen LogP contribution in [0.25, 0.3) is 0 Å². The summed E-state index contributed by atoms with van der Waals surface area (Å²) in [5, 5.41) is 11.0. The molecule has 1 N–H and O–H groups in total. The molecule has 3 heterocycles. The molecule has 1 saturated heterocycles. The molecule has 0 aromatic carbocycles. The number of rotatable bonds is 4. The number of nitrogens with zero attached hydrogens (tertiary/aromatic N) is 4. The van der Waals surface area contributed by atoms with E-state index in [0.29, 0.717) is 11.5 Å². The van der Waals surface area contributed by atoms with Crippen LogP contribution in [0, 0.1) is 0 Å². The normalized spacial score (nSPS) is 22.1. The van der Waals surface area contributed by atoms with Crippen LogP contribution >= 0.6 is 11.5 Å². The van der Waals surface area contributed by atoms with Crippen molar-refractivity contribution in [2.24, 2.45) is 0 Å². The lowest BCUT2D eigenvalue weighted by Gasteiger charge is -2.31. The van der Waals surface area contributed by atoms with Gasteiger partial charge in [0.15, 0.2) is 0 Å². The second-order valence-corrected chi connectivity index (χ2v) is 5.71. The van der Waals surface area contributed by atoms with Crippen molar-refractivity contribution in [2.75, 3.05) is 6.61 Å². The Kier molecular flexibility index (Phi) is 4.26. The van der Waals surface area contributed by atoms with Gasteiger partial charge in [0, 0.05) is 24.9 Å². The van der Waals surface area contributed by atoms with Crippen molar-refractivity contribution < 1.29 is 9.53 Å². The summed E-state index contributed by atoms with van der Waals surface area (Å²) >= 11 is 1.09. The molecule has 7 nitrogen and oxygen atoms in total. The standard InChI is InChI=1S/C13H17N5O2S/c1-2-18-8-9(6-15-18)12-10(4-3-5-20-12)16-13(19)11-7-14-17-21-11/h6-8,10,12H,2-5H2,1H3,(H,16,19)/t10-,12+/m0/s1. The van der Waals surface area contributed by atoms with E-state index >= 15 is 0 Å². The molecule has 2 aromatic heterocycles. The van der Waals surface area contributed by atoms with Crippen LogP contribution in [0.1, 0.15) is 41.1 Å². The first-order valence-corrected chi connectivity index (χ1v) is 7.77. The highest BCUT2D eigenvalue weighted by molar-refractivity contribution is 7.07. The van der Waals surface area contributed by atoms with Crippen molar-refractivity contribution in [2.45, 2.75) is 38.5 Å². The average molecular weight is 307 g/mol. The molecule has 3 rings (SSSR count). The smallest absolute Gasteiger partial charge is 0.264 e. The molecule has 0 spiro atoms. The Balaban J connectivity index is 1.73. The van der Waals surface area contributed by atoms with Crippen LogP contribution in [0.4, 0.5) is 0 Å². The van der Waals surface area contributed by atoms with E-state index < -0.39 is 0 Å². The van der Waals surface area contributed by atoms with Gasteiger partial charge in [0.25, 0.3) is 5.91 Å². The van der Waals surface area contributed by atoms with Crippen LogP contribution in [0.5, 0.6) is 0 Å². The maximum atomic E-state index is 12.2. The van der Waals surface area contributed by atoms with E-state index in [1.165, 1.54) is 6.20 Å². The summed E-state index contributed by atoms with van der Waals surface area (Å²) in [4.78, 5) is 12.7. The van der Waals surface area contributed by atoms with Crippen LogP contribution < -0.4 is 5.32 Å². The highest BCUT2D eigenvalue weighted by Gasteiger charge is 2.30. The quantitative estimate of drug-likeness (QED) is 0.923. The predicted molar refractivity (Wildman–Crippen MR) is 77.0 cm³/mol. The molecule has 1 aliphatic heterocycles. The Morgan fingerprint density at radius 3 is 3.19 bits per heavy atom. The van der Waals surface area contributed by atoms with Gasteiger partial charge in [-0.05, 0) is 31.3 Å². The second kappa shape index (κ2) is 6.31. The Morgan fingerprint density at radius 1 is 1.57 bits per heavy atom. The molecule has 1 amide bonds. The minimum Gasteiger partial charge on any atom is -0.371 e. The Hall–Kier alpha value is -1.80. The summed E-state index contributed by atoms with van der Waals surface area (Å²) in [7, 11) is 0. The summed E-state index contributed by atoms with van der Waals surface area (Å²) in [5.74, 6) is -0.145. The zero-order chi connectivity index (χ0) is 14.7. The van der Waals surface area contributed by atoms with Crippen LogP contribution in [-0.4, -0.2) is 37.9 Å². The van der Waals surface area contributed by atoms with Crippen molar-refractivity contribution in [3.63, 3.8) is 0 Å². The topological polar surface area (TPSA) is 81.9 Å². The number of hydrogen-bond donors (Lipinski definition) is 1. The summed E-state index contributed by atoms with van der Waals surface area (Å²) in [6.45, 7) is 3.56. The van der Waals surface area contributed by atoms with Gasteiger partial charge in [-0.2, -0.15) is 5.10 Å². The zero-order valence-corrected chi connectivity index (χ0v) is 12.5. The molecule has 0 radical (unpaired) electrons. The third-order valence-corrected chi connectivity index (χ3v) is 4.19. The van der Waals surface area contributed by atoms with E-state index in [4.69, 9.17) is 4.74 Å².